The summed E-state index contributed by atoms with van der Waals surface area (Å²) in [5.41, 5.74) is -0.366. The van der Waals surface area contributed by atoms with Crippen LogP contribution in [0.25, 0.3) is 0 Å². The predicted molar refractivity (Wildman–Crippen MR) is 128 cm³/mol. The van der Waals surface area contributed by atoms with Crippen molar-refractivity contribution in [3.63, 3.8) is 0 Å². The zero-order chi connectivity index (χ0) is 25.9. The molecule has 0 radical (unpaired) electrons. The van der Waals surface area contributed by atoms with E-state index in [2.05, 4.69) is 10.0 Å². The molecule has 0 aliphatic carbocycles. The number of carbonyl (C=O) groups is 1. The van der Waals surface area contributed by atoms with Crippen LogP contribution >= 0.6 is 23.5 Å². The molecular formula is C23H24ClF5N4OS. The number of alkyl halides is 3. The second-order valence-electron chi connectivity index (χ2n) is 8.26. The number of hydrogen-bond acceptors (Lipinski definition) is 5. The highest BCUT2D eigenvalue weighted by Gasteiger charge is 2.32. The lowest BCUT2D eigenvalue weighted by Gasteiger charge is -2.33. The van der Waals surface area contributed by atoms with E-state index in [0.29, 0.717) is 43.2 Å². The number of amides is 1. The van der Waals surface area contributed by atoms with Crippen LogP contribution in [-0.2, 0) is 12.7 Å². The lowest BCUT2D eigenvalue weighted by Crippen LogP contribution is -2.39. The van der Waals surface area contributed by atoms with Crippen molar-refractivity contribution in [1.29, 1.82) is 5.41 Å². The molecule has 1 heterocycles. The molecule has 3 N–H and O–H groups in total. The number of anilines is 1. The molecule has 190 valence electrons. The van der Waals surface area contributed by atoms with Gasteiger partial charge in [0, 0.05) is 54.5 Å². The Morgan fingerprint density at radius 3 is 2.40 bits per heavy atom. The first-order valence-corrected chi connectivity index (χ1v) is 12.3. The number of hydrogen-bond donors (Lipinski definition) is 3. The Morgan fingerprint density at radius 2 is 1.83 bits per heavy atom. The molecule has 0 saturated carbocycles. The van der Waals surface area contributed by atoms with E-state index in [9.17, 15) is 26.7 Å². The van der Waals surface area contributed by atoms with Crippen LogP contribution in [0.2, 0.25) is 5.02 Å². The van der Waals surface area contributed by atoms with Crippen LogP contribution in [-0.4, -0.2) is 41.9 Å². The zero-order valence-corrected chi connectivity index (χ0v) is 20.5. The molecule has 12 heteroatoms. The Balaban J connectivity index is 1.69. The van der Waals surface area contributed by atoms with Gasteiger partial charge in [-0.3, -0.25) is 14.4 Å². The van der Waals surface area contributed by atoms with Gasteiger partial charge < -0.3 is 10.7 Å². The zero-order valence-electron chi connectivity index (χ0n) is 19.0. The van der Waals surface area contributed by atoms with E-state index in [1.54, 1.807) is 6.26 Å². The maximum atomic E-state index is 14.6. The minimum absolute atomic E-state index is 0.0269. The van der Waals surface area contributed by atoms with Crippen LogP contribution in [0.15, 0.2) is 24.3 Å². The number of carbonyl (C=O) groups excluding carboxylic acids is 1. The average Bonchev–Trinajstić information content (AvgIpc) is 2.77. The topological polar surface area (TPSA) is 68.2 Å². The summed E-state index contributed by atoms with van der Waals surface area (Å²) in [6, 6.07) is 3.77. The number of nitrogens with zero attached hydrogens (tertiary/aromatic N) is 1. The maximum Gasteiger partial charge on any atom is 0.416 e. The predicted octanol–water partition coefficient (Wildman–Crippen LogP) is 6.11. The standard InChI is InChI=1S/C23H24ClF5N4OS/c1-12(30)16-9-17(22(34)32-35-2)19(25)10-20(16)31-15-3-5-33(6-4-15)11-13-7-14(23(27,28)29)8-18(24)21(13)26/h7-10,15,30-31H,3-6,11H2,1-2H3,(H,32,34). The molecule has 0 bridgehead atoms. The molecule has 1 fully saturated rings. The molecule has 35 heavy (non-hydrogen) atoms. The third-order valence-electron chi connectivity index (χ3n) is 5.72. The second kappa shape index (κ2) is 11.1. The van der Waals surface area contributed by atoms with Gasteiger partial charge in [-0.25, -0.2) is 8.78 Å². The summed E-state index contributed by atoms with van der Waals surface area (Å²) in [6.07, 6.45) is -1.88. The largest absolute Gasteiger partial charge is 0.416 e. The quantitative estimate of drug-likeness (QED) is 0.228. The van der Waals surface area contributed by atoms with Gasteiger partial charge in [0.15, 0.2) is 0 Å². The van der Waals surface area contributed by atoms with Crippen molar-refractivity contribution in [1.82, 2.24) is 9.62 Å². The van der Waals surface area contributed by atoms with E-state index in [-0.39, 0.29) is 29.4 Å². The van der Waals surface area contributed by atoms with Crippen LogP contribution in [0.4, 0.5) is 27.6 Å². The fourth-order valence-corrected chi connectivity index (χ4v) is 4.48. The third kappa shape index (κ3) is 6.65. The van der Waals surface area contributed by atoms with Crippen molar-refractivity contribution in [3.05, 3.63) is 63.2 Å². The number of piperidine rings is 1. The molecule has 1 amide bonds. The molecule has 3 rings (SSSR count). The van der Waals surface area contributed by atoms with Gasteiger partial charge in [0.25, 0.3) is 5.91 Å². The van der Waals surface area contributed by atoms with Gasteiger partial charge in [-0.15, -0.1) is 0 Å². The number of halogens is 6. The summed E-state index contributed by atoms with van der Waals surface area (Å²) in [4.78, 5) is 13.9. The number of nitrogens with one attached hydrogen (secondary N) is 3. The maximum absolute atomic E-state index is 14.6. The van der Waals surface area contributed by atoms with Crippen molar-refractivity contribution in [3.8, 4) is 0 Å². The molecule has 5 nitrogen and oxygen atoms in total. The summed E-state index contributed by atoms with van der Waals surface area (Å²) in [5.74, 6) is -2.19. The van der Waals surface area contributed by atoms with E-state index in [4.69, 9.17) is 17.0 Å². The second-order valence-corrected chi connectivity index (χ2v) is 9.28. The van der Waals surface area contributed by atoms with Crippen molar-refractivity contribution in [2.24, 2.45) is 0 Å². The molecule has 0 unspecified atom stereocenters. The van der Waals surface area contributed by atoms with Crippen LogP contribution in [0.3, 0.4) is 0 Å². The molecule has 0 aromatic heterocycles. The fourth-order valence-electron chi connectivity index (χ4n) is 3.95. The summed E-state index contributed by atoms with van der Waals surface area (Å²) in [5, 5.41) is 10.7. The van der Waals surface area contributed by atoms with Gasteiger partial charge >= 0.3 is 6.18 Å². The Kier molecular flexibility index (Phi) is 8.66. The molecule has 1 saturated heterocycles. The van der Waals surface area contributed by atoms with Crippen LogP contribution in [0.5, 0.6) is 0 Å². The summed E-state index contributed by atoms with van der Waals surface area (Å²) in [6.45, 7) is 2.42. The minimum atomic E-state index is -4.63. The van der Waals surface area contributed by atoms with Crippen molar-refractivity contribution >= 4 is 40.9 Å². The van der Waals surface area contributed by atoms with E-state index in [0.717, 1.165) is 18.0 Å². The Morgan fingerprint density at radius 1 is 1.17 bits per heavy atom. The monoisotopic (exact) mass is 534 g/mol. The highest BCUT2D eigenvalue weighted by Crippen LogP contribution is 2.34. The molecule has 0 atom stereocenters. The van der Waals surface area contributed by atoms with Gasteiger partial charge in [0.1, 0.15) is 11.6 Å². The first-order valence-electron chi connectivity index (χ1n) is 10.7. The van der Waals surface area contributed by atoms with Crippen molar-refractivity contribution < 1.29 is 26.7 Å². The normalized spacial score (nSPS) is 15.2. The highest BCUT2D eigenvalue weighted by atomic mass is 35.5. The highest BCUT2D eigenvalue weighted by molar-refractivity contribution is 7.97. The van der Waals surface area contributed by atoms with E-state index in [1.165, 1.54) is 19.1 Å². The minimum Gasteiger partial charge on any atom is -0.382 e. The number of likely N-dealkylation sites (tertiary alicyclic amines) is 1. The molecule has 1 aliphatic heterocycles. The van der Waals surface area contributed by atoms with Crippen molar-refractivity contribution in [2.45, 2.75) is 38.5 Å². The molecule has 1 aliphatic rings. The third-order valence-corrected chi connectivity index (χ3v) is 6.39. The van der Waals surface area contributed by atoms with Gasteiger partial charge in [0.2, 0.25) is 0 Å². The summed E-state index contributed by atoms with van der Waals surface area (Å²) in [7, 11) is 0. The first kappa shape index (κ1) is 27.2. The van der Waals surface area contributed by atoms with E-state index >= 15 is 0 Å². The van der Waals surface area contributed by atoms with Gasteiger partial charge in [0.05, 0.1) is 16.1 Å². The first-order chi connectivity index (χ1) is 16.4. The van der Waals surface area contributed by atoms with Gasteiger partial charge in [-0.1, -0.05) is 23.5 Å². The lowest BCUT2D eigenvalue weighted by molar-refractivity contribution is -0.137. The van der Waals surface area contributed by atoms with Crippen molar-refractivity contribution in [2.75, 3.05) is 24.7 Å². The van der Waals surface area contributed by atoms with Crippen LogP contribution in [0.1, 0.15) is 46.8 Å². The number of rotatable bonds is 7. The number of benzene rings is 2. The van der Waals surface area contributed by atoms with Gasteiger partial charge in [-0.05, 0) is 44.0 Å². The summed E-state index contributed by atoms with van der Waals surface area (Å²) >= 11 is 6.72. The average molecular weight is 535 g/mol. The molecular weight excluding hydrogens is 511 g/mol. The lowest BCUT2D eigenvalue weighted by atomic mass is 10.00. The Bertz CT molecular complexity index is 1120. The molecule has 0 spiro atoms. The fraction of sp³-hybridized carbons (Fsp3) is 0.391. The SMILES string of the molecule is CSNC(=O)c1cc(C(C)=N)c(NC2CCN(Cc3cc(C(F)(F)F)cc(Cl)c3F)CC2)cc1F. The smallest absolute Gasteiger partial charge is 0.382 e. The molecule has 2 aromatic carbocycles. The van der Waals surface area contributed by atoms with E-state index < -0.39 is 34.3 Å². The van der Waals surface area contributed by atoms with Crippen LogP contribution in [0, 0.1) is 17.0 Å². The Labute approximate surface area is 209 Å². The molecule has 2 aromatic rings. The van der Waals surface area contributed by atoms with Crippen LogP contribution < -0.4 is 10.0 Å². The summed E-state index contributed by atoms with van der Waals surface area (Å²) < 4.78 is 70.6. The van der Waals surface area contributed by atoms with Gasteiger partial charge in [-0.2, -0.15) is 13.2 Å². The van der Waals surface area contributed by atoms with E-state index in [1.807, 2.05) is 4.90 Å². The Hall–Kier alpha value is -2.37.